The first-order chi connectivity index (χ1) is 8.31. The van der Waals surface area contributed by atoms with Crippen molar-refractivity contribution in [3.63, 3.8) is 0 Å². The summed E-state index contributed by atoms with van der Waals surface area (Å²) in [4.78, 5) is 0. The van der Waals surface area contributed by atoms with Gasteiger partial charge in [-0.2, -0.15) is 0 Å². The van der Waals surface area contributed by atoms with Gasteiger partial charge in [-0.15, -0.1) is 0 Å². The molecule has 1 heterocycles. The van der Waals surface area contributed by atoms with Crippen molar-refractivity contribution in [1.29, 1.82) is 0 Å². The molecule has 0 fully saturated rings. The second-order valence-electron chi connectivity index (χ2n) is 4.36. The van der Waals surface area contributed by atoms with Crippen molar-refractivity contribution in [3.8, 4) is 0 Å². The minimum Gasteiger partial charge on any atom is -0.295 e. The molecule has 1 aliphatic rings. The van der Waals surface area contributed by atoms with E-state index in [-0.39, 0.29) is 3.55 Å². The van der Waals surface area contributed by atoms with Crippen LogP contribution in [0.15, 0.2) is 54.6 Å². The molecule has 1 aliphatic heterocycles. The monoisotopic (exact) mass is 335 g/mol. The molecule has 2 aromatic rings. The standard InChI is InChI=1S/C15H14IN/c16-15(13-7-2-1-3-8-13)14-9-5-4-6-12(14)10-11-17-15/h1-9,17H,10-11H2. The van der Waals surface area contributed by atoms with Gasteiger partial charge < -0.3 is 0 Å². The molecule has 1 N–H and O–H groups in total. The summed E-state index contributed by atoms with van der Waals surface area (Å²) >= 11 is 2.54. The van der Waals surface area contributed by atoms with Crippen molar-refractivity contribution >= 4 is 22.6 Å². The van der Waals surface area contributed by atoms with Gasteiger partial charge in [0.05, 0.1) is 0 Å². The minimum absolute atomic E-state index is 0.0755. The fourth-order valence-corrected chi connectivity index (χ4v) is 3.62. The van der Waals surface area contributed by atoms with E-state index in [1.54, 1.807) is 0 Å². The summed E-state index contributed by atoms with van der Waals surface area (Å²) in [6.45, 7) is 1.04. The van der Waals surface area contributed by atoms with Crippen molar-refractivity contribution in [2.24, 2.45) is 0 Å². The Hall–Kier alpha value is -0.870. The van der Waals surface area contributed by atoms with Gasteiger partial charge in [0.15, 0.2) is 0 Å². The number of alkyl halides is 1. The third-order valence-electron chi connectivity index (χ3n) is 3.32. The Bertz CT molecular complexity index is 523. The highest BCUT2D eigenvalue weighted by Crippen LogP contribution is 2.40. The average molecular weight is 335 g/mol. The molecule has 2 aromatic carbocycles. The molecule has 3 rings (SSSR count). The Morgan fingerprint density at radius 1 is 0.941 bits per heavy atom. The first-order valence-electron chi connectivity index (χ1n) is 5.88. The lowest BCUT2D eigenvalue weighted by Crippen LogP contribution is -2.43. The van der Waals surface area contributed by atoms with Crippen LogP contribution in [0.25, 0.3) is 0 Å². The second-order valence-corrected chi connectivity index (χ2v) is 5.98. The molecule has 0 amide bonds. The highest BCUT2D eigenvalue weighted by atomic mass is 127. The lowest BCUT2D eigenvalue weighted by atomic mass is 9.90. The molecule has 17 heavy (non-hydrogen) atoms. The zero-order chi connectivity index (χ0) is 11.7. The van der Waals surface area contributed by atoms with Gasteiger partial charge in [-0.25, -0.2) is 0 Å². The van der Waals surface area contributed by atoms with E-state index in [9.17, 15) is 0 Å². The van der Waals surface area contributed by atoms with Gasteiger partial charge in [-0.1, -0.05) is 77.2 Å². The zero-order valence-electron chi connectivity index (χ0n) is 9.49. The first kappa shape index (κ1) is 11.2. The average Bonchev–Trinajstić information content (AvgIpc) is 2.40. The predicted octanol–water partition coefficient (Wildman–Crippen LogP) is 3.47. The highest BCUT2D eigenvalue weighted by molar-refractivity contribution is 14.1. The van der Waals surface area contributed by atoms with Crippen molar-refractivity contribution in [2.75, 3.05) is 6.54 Å². The first-order valence-corrected chi connectivity index (χ1v) is 6.96. The molecule has 0 aromatic heterocycles. The molecule has 0 spiro atoms. The van der Waals surface area contributed by atoms with Crippen LogP contribution in [0.2, 0.25) is 0 Å². The van der Waals surface area contributed by atoms with Crippen LogP contribution in [-0.4, -0.2) is 6.54 Å². The van der Waals surface area contributed by atoms with Crippen LogP contribution in [0, 0.1) is 0 Å². The maximum atomic E-state index is 3.65. The summed E-state index contributed by atoms with van der Waals surface area (Å²) in [7, 11) is 0. The van der Waals surface area contributed by atoms with Gasteiger partial charge in [0.2, 0.25) is 0 Å². The van der Waals surface area contributed by atoms with Crippen molar-refractivity contribution in [1.82, 2.24) is 5.32 Å². The SMILES string of the molecule is IC1(c2ccccc2)NCCc2ccccc21. The van der Waals surface area contributed by atoms with Gasteiger partial charge in [0, 0.05) is 6.54 Å². The summed E-state index contributed by atoms with van der Waals surface area (Å²) in [5.74, 6) is 0. The molecule has 2 heteroatoms. The largest absolute Gasteiger partial charge is 0.295 e. The van der Waals surface area contributed by atoms with Crippen LogP contribution in [-0.2, 0) is 9.97 Å². The zero-order valence-corrected chi connectivity index (χ0v) is 11.6. The van der Waals surface area contributed by atoms with E-state index in [0.717, 1.165) is 13.0 Å². The number of hydrogen-bond acceptors (Lipinski definition) is 1. The maximum Gasteiger partial charge on any atom is 0.122 e. The summed E-state index contributed by atoms with van der Waals surface area (Å²) in [5.41, 5.74) is 4.19. The van der Waals surface area contributed by atoms with Crippen LogP contribution in [0.4, 0.5) is 0 Å². The maximum absolute atomic E-state index is 3.65. The van der Waals surface area contributed by atoms with Crippen LogP contribution in [0.3, 0.4) is 0 Å². The van der Waals surface area contributed by atoms with E-state index < -0.39 is 0 Å². The van der Waals surface area contributed by atoms with Crippen molar-refractivity contribution < 1.29 is 0 Å². The molecular formula is C15H14IN. The number of nitrogens with one attached hydrogen (secondary N) is 1. The molecular weight excluding hydrogens is 321 g/mol. The third-order valence-corrected chi connectivity index (χ3v) is 4.91. The molecule has 0 radical (unpaired) electrons. The fraction of sp³-hybridized carbons (Fsp3) is 0.200. The number of hydrogen-bond donors (Lipinski definition) is 1. The Balaban J connectivity index is 2.16. The molecule has 1 unspecified atom stereocenters. The summed E-state index contributed by atoms with van der Waals surface area (Å²) in [5, 5.41) is 3.65. The van der Waals surface area contributed by atoms with Gasteiger partial charge in [0.1, 0.15) is 3.55 Å². The molecule has 1 nitrogen and oxygen atoms in total. The van der Waals surface area contributed by atoms with E-state index in [1.807, 2.05) is 0 Å². The topological polar surface area (TPSA) is 12.0 Å². The summed E-state index contributed by atoms with van der Waals surface area (Å²) in [6.07, 6.45) is 1.12. The number of fused-ring (bicyclic) bond motifs is 1. The van der Waals surface area contributed by atoms with Gasteiger partial charge in [-0.3, -0.25) is 5.32 Å². The number of halogens is 1. The smallest absolute Gasteiger partial charge is 0.122 e. The van der Waals surface area contributed by atoms with E-state index in [1.165, 1.54) is 16.7 Å². The summed E-state index contributed by atoms with van der Waals surface area (Å²) < 4.78 is -0.0755. The predicted molar refractivity (Wildman–Crippen MR) is 79.4 cm³/mol. The Kier molecular flexibility index (Phi) is 2.92. The van der Waals surface area contributed by atoms with Gasteiger partial charge >= 0.3 is 0 Å². The molecule has 1 atom stereocenters. The molecule has 0 aliphatic carbocycles. The number of rotatable bonds is 1. The van der Waals surface area contributed by atoms with E-state index in [0.29, 0.717) is 0 Å². The Morgan fingerprint density at radius 3 is 2.47 bits per heavy atom. The van der Waals surface area contributed by atoms with E-state index >= 15 is 0 Å². The minimum atomic E-state index is -0.0755. The van der Waals surface area contributed by atoms with Crippen LogP contribution >= 0.6 is 22.6 Å². The lowest BCUT2D eigenvalue weighted by molar-refractivity contribution is 0.546. The Morgan fingerprint density at radius 2 is 1.65 bits per heavy atom. The second kappa shape index (κ2) is 4.42. The van der Waals surface area contributed by atoms with Crippen LogP contribution in [0.5, 0.6) is 0 Å². The quantitative estimate of drug-likeness (QED) is 0.478. The molecule has 86 valence electrons. The lowest BCUT2D eigenvalue weighted by Gasteiger charge is -2.36. The molecule has 0 bridgehead atoms. The Labute approximate surface area is 115 Å². The van der Waals surface area contributed by atoms with Crippen LogP contribution in [0.1, 0.15) is 16.7 Å². The van der Waals surface area contributed by atoms with Crippen molar-refractivity contribution in [2.45, 2.75) is 9.97 Å². The number of benzene rings is 2. The fourth-order valence-electron chi connectivity index (χ4n) is 2.46. The molecule has 0 saturated heterocycles. The van der Waals surface area contributed by atoms with E-state index in [2.05, 4.69) is 82.5 Å². The van der Waals surface area contributed by atoms with Crippen LogP contribution < -0.4 is 5.32 Å². The van der Waals surface area contributed by atoms with Crippen molar-refractivity contribution in [3.05, 3.63) is 71.3 Å². The van der Waals surface area contributed by atoms with Gasteiger partial charge in [-0.05, 0) is 23.1 Å². The van der Waals surface area contributed by atoms with E-state index in [4.69, 9.17) is 0 Å². The molecule has 0 saturated carbocycles. The normalized spacial score (nSPS) is 23.1. The highest BCUT2D eigenvalue weighted by Gasteiger charge is 2.34. The third kappa shape index (κ3) is 1.89. The van der Waals surface area contributed by atoms with Gasteiger partial charge in [0.25, 0.3) is 0 Å². The summed E-state index contributed by atoms with van der Waals surface area (Å²) in [6, 6.07) is 19.4.